The molecule has 1 amide bonds. The molecule has 2 rings (SSSR count). The first-order valence-electron chi connectivity index (χ1n) is 7.07. The number of allylic oxidation sites excluding steroid dienone is 1. The highest BCUT2D eigenvalue weighted by Crippen LogP contribution is 2.20. The summed E-state index contributed by atoms with van der Waals surface area (Å²) in [5.74, 6) is -0.517. The van der Waals surface area contributed by atoms with Crippen molar-refractivity contribution in [3.63, 3.8) is 0 Å². The number of para-hydroxylation sites is 1. The first-order chi connectivity index (χ1) is 11.3. The predicted octanol–water partition coefficient (Wildman–Crippen LogP) is 1.64. The molecule has 130 valence electrons. The van der Waals surface area contributed by atoms with Gasteiger partial charge in [0.15, 0.2) is 6.10 Å². The van der Waals surface area contributed by atoms with Crippen molar-refractivity contribution < 1.29 is 31.7 Å². The zero-order valence-electron chi connectivity index (χ0n) is 13.2. The summed E-state index contributed by atoms with van der Waals surface area (Å²) in [4.78, 5) is 23.2. The SMILES string of the molecule is CC(C)=CC(=O)OCC1CN(S(=O)(=O)Oc2ccccc2)C(=O)O1. The number of rotatable bonds is 6. The number of hydrogen-bond acceptors (Lipinski definition) is 7. The predicted molar refractivity (Wildman–Crippen MR) is 83.4 cm³/mol. The molecular formula is C15H17NO7S. The summed E-state index contributed by atoms with van der Waals surface area (Å²) in [6.45, 7) is 2.92. The molecule has 0 saturated carbocycles. The number of benzene rings is 1. The van der Waals surface area contributed by atoms with Gasteiger partial charge in [-0.1, -0.05) is 23.8 Å². The van der Waals surface area contributed by atoms with Crippen LogP contribution in [0.3, 0.4) is 0 Å². The molecule has 1 saturated heterocycles. The largest absolute Gasteiger partial charge is 0.459 e. The van der Waals surface area contributed by atoms with Crippen molar-refractivity contribution in [3.05, 3.63) is 42.0 Å². The molecule has 1 unspecified atom stereocenters. The molecule has 1 aromatic carbocycles. The number of ether oxygens (including phenoxy) is 2. The molecule has 1 aliphatic heterocycles. The fraction of sp³-hybridized carbons (Fsp3) is 0.333. The van der Waals surface area contributed by atoms with Crippen molar-refractivity contribution in [2.24, 2.45) is 0 Å². The van der Waals surface area contributed by atoms with Crippen molar-refractivity contribution in [2.75, 3.05) is 13.2 Å². The maximum Gasteiger partial charge on any atom is 0.426 e. The van der Waals surface area contributed by atoms with Gasteiger partial charge < -0.3 is 13.7 Å². The van der Waals surface area contributed by atoms with Gasteiger partial charge >= 0.3 is 22.4 Å². The Kier molecular flexibility index (Phi) is 5.45. The molecule has 0 aliphatic carbocycles. The van der Waals surface area contributed by atoms with E-state index in [1.165, 1.54) is 18.2 Å². The van der Waals surface area contributed by atoms with Gasteiger partial charge in [0.05, 0.1) is 6.54 Å². The summed E-state index contributed by atoms with van der Waals surface area (Å²) in [6, 6.07) is 7.77. The lowest BCUT2D eigenvalue weighted by Crippen LogP contribution is -2.36. The average molecular weight is 355 g/mol. The van der Waals surface area contributed by atoms with Crippen molar-refractivity contribution >= 4 is 22.4 Å². The van der Waals surface area contributed by atoms with E-state index < -0.39 is 28.5 Å². The van der Waals surface area contributed by atoms with Gasteiger partial charge in [-0.25, -0.2) is 9.59 Å². The number of nitrogens with zero attached hydrogens (tertiary/aromatic N) is 1. The molecule has 1 heterocycles. The van der Waals surface area contributed by atoms with E-state index in [2.05, 4.69) is 0 Å². The zero-order valence-corrected chi connectivity index (χ0v) is 14.0. The van der Waals surface area contributed by atoms with Gasteiger partial charge in [0, 0.05) is 6.08 Å². The Balaban J connectivity index is 1.96. The molecule has 1 fully saturated rings. The Morgan fingerprint density at radius 2 is 2.00 bits per heavy atom. The maximum absolute atomic E-state index is 12.1. The number of amides is 1. The third kappa shape index (κ3) is 4.72. The van der Waals surface area contributed by atoms with Crippen LogP contribution in [-0.4, -0.2) is 44.0 Å². The molecule has 0 aromatic heterocycles. The topological polar surface area (TPSA) is 99.2 Å². The summed E-state index contributed by atoms with van der Waals surface area (Å²) >= 11 is 0. The molecule has 0 spiro atoms. The fourth-order valence-electron chi connectivity index (χ4n) is 1.86. The summed E-state index contributed by atoms with van der Waals surface area (Å²) in [5, 5.41) is 0. The Morgan fingerprint density at radius 1 is 1.33 bits per heavy atom. The highest BCUT2D eigenvalue weighted by Gasteiger charge is 2.41. The van der Waals surface area contributed by atoms with Crippen molar-refractivity contribution in [3.8, 4) is 5.75 Å². The molecule has 0 bridgehead atoms. The molecule has 1 aliphatic rings. The summed E-state index contributed by atoms with van der Waals surface area (Å²) < 4.78 is 39.4. The highest BCUT2D eigenvalue weighted by atomic mass is 32.2. The molecule has 0 radical (unpaired) electrons. The van der Waals surface area contributed by atoms with Gasteiger partial charge in [0.1, 0.15) is 12.4 Å². The zero-order chi connectivity index (χ0) is 17.7. The Hall–Kier alpha value is -2.55. The fourth-order valence-corrected chi connectivity index (χ4v) is 2.88. The molecule has 24 heavy (non-hydrogen) atoms. The van der Waals surface area contributed by atoms with Gasteiger partial charge in [-0.3, -0.25) is 0 Å². The van der Waals surface area contributed by atoms with E-state index >= 15 is 0 Å². The van der Waals surface area contributed by atoms with E-state index in [9.17, 15) is 18.0 Å². The quantitative estimate of drug-likeness (QED) is 0.565. The monoisotopic (exact) mass is 355 g/mol. The normalized spacial score (nSPS) is 17.2. The van der Waals surface area contributed by atoms with Gasteiger partial charge in [0.25, 0.3) is 0 Å². The number of esters is 1. The van der Waals surface area contributed by atoms with E-state index in [1.54, 1.807) is 32.0 Å². The summed E-state index contributed by atoms with van der Waals surface area (Å²) in [7, 11) is -4.35. The third-order valence-electron chi connectivity index (χ3n) is 2.87. The summed E-state index contributed by atoms with van der Waals surface area (Å²) in [5.41, 5.74) is 0.754. The first-order valence-corrected chi connectivity index (χ1v) is 8.44. The van der Waals surface area contributed by atoms with Crippen LogP contribution in [-0.2, 0) is 24.6 Å². The van der Waals surface area contributed by atoms with E-state index in [4.69, 9.17) is 13.7 Å². The van der Waals surface area contributed by atoms with Crippen LogP contribution < -0.4 is 4.18 Å². The van der Waals surface area contributed by atoms with E-state index in [-0.39, 0.29) is 18.9 Å². The minimum atomic E-state index is -4.35. The van der Waals surface area contributed by atoms with Crippen molar-refractivity contribution in [1.29, 1.82) is 0 Å². The lowest BCUT2D eigenvalue weighted by molar-refractivity contribution is -0.140. The summed E-state index contributed by atoms with van der Waals surface area (Å²) in [6.07, 6.45) is -0.681. The van der Waals surface area contributed by atoms with E-state index in [0.717, 1.165) is 5.57 Å². The van der Waals surface area contributed by atoms with Crippen LogP contribution in [0.5, 0.6) is 5.75 Å². The highest BCUT2D eigenvalue weighted by molar-refractivity contribution is 7.85. The molecule has 9 heteroatoms. The van der Waals surface area contributed by atoms with Crippen LogP contribution in [0.25, 0.3) is 0 Å². The third-order valence-corrected chi connectivity index (χ3v) is 4.11. The van der Waals surface area contributed by atoms with Gasteiger partial charge in [-0.2, -0.15) is 12.7 Å². The number of carbonyl (C=O) groups is 2. The van der Waals surface area contributed by atoms with E-state index in [0.29, 0.717) is 4.31 Å². The minimum Gasteiger partial charge on any atom is -0.459 e. The Labute approximate surface area is 139 Å². The van der Waals surface area contributed by atoms with Crippen molar-refractivity contribution in [2.45, 2.75) is 20.0 Å². The second kappa shape index (κ2) is 7.35. The second-order valence-corrected chi connectivity index (χ2v) is 6.71. The Morgan fingerprint density at radius 3 is 2.62 bits per heavy atom. The van der Waals surface area contributed by atoms with E-state index in [1.807, 2.05) is 0 Å². The number of hydrogen-bond donors (Lipinski definition) is 0. The van der Waals surface area contributed by atoms with Crippen LogP contribution in [0.2, 0.25) is 0 Å². The molecule has 0 N–H and O–H groups in total. The van der Waals surface area contributed by atoms with Gasteiger partial charge in [0.2, 0.25) is 0 Å². The maximum atomic E-state index is 12.1. The number of cyclic esters (lactones) is 1. The lowest BCUT2D eigenvalue weighted by atomic mass is 10.3. The van der Waals surface area contributed by atoms with Gasteiger partial charge in [-0.05, 0) is 26.0 Å². The molecular weight excluding hydrogens is 338 g/mol. The molecule has 1 aromatic rings. The Bertz CT molecular complexity index is 738. The van der Waals surface area contributed by atoms with Gasteiger partial charge in [-0.15, -0.1) is 0 Å². The first kappa shape index (κ1) is 17.8. The molecule has 8 nitrogen and oxygen atoms in total. The second-order valence-electron chi connectivity index (χ2n) is 5.24. The van der Waals surface area contributed by atoms with Crippen LogP contribution in [0, 0.1) is 0 Å². The van der Waals surface area contributed by atoms with Crippen molar-refractivity contribution in [1.82, 2.24) is 4.31 Å². The average Bonchev–Trinajstić information content (AvgIpc) is 2.87. The van der Waals surface area contributed by atoms with Crippen LogP contribution in [0.1, 0.15) is 13.8 Å². The smallest absolute Gasteiger partial charge is 0.426 e. The van der Waals surface area contributed by atoms with Crippen LogP contribution in [0.4, 0.5) is 4.79 Å². The number of carbonyl (C=O) groups excluding carboxylic acids is 2. The lowest BCUT2D eigenvalue weighted by Gasteiger charge is -2.13. The van der Waals surface area contributed by atoms with Crippen LogP contribution >= 0.6 is 0 Å². The molecule has 1 atom stereocenters. The minimum absolute atomic E-state index is 0.0729. The van der Waals surface area contributed by atoms with Crippen LogP contribution in [0.15, 0.2) is 42.0 Å². The standard InChI is InChI=1S/C15H17NO7S/c1-11(2)8-14(17)21-10-13-9-16(15(18)22-13)24(19,20)23-12-6-4-3-5-7-12/h3-8,13H,9-10H2,1-2H3.